The van der Waals surface area contributed by atoms with Crippen molar-refractivity contribution in [1.82, 2.24) is 4.90 Å². The molecule has 2 aromatic rings. The first-order valence-electron chi connectivity index (χ1n) is 9.03. The number of amides is 2. The Hall–Kier alpha value is -2.90. The van der Waals surface area contributed by atoms with Crippen molar-refractivity contribution in [3.63, 3.8) is 0 Å². The molecular formula is C21H24N2O5. The van der Waals surface area contributed by atoms with E-state index in [1.807, 2.05) is 24.3 Å². The quantitative estimate of drug-likeness (QED) is 0.797. The zero-order chi connectivity index (χ0) is 20.1. The molecule has 2 amide bonds. The van der Waals surface area contributed by atoms with Crippen molar-refractivity contribution in [3.8, 4) is 5.75 Å². The summed E-state index contributed by atoms with van der Waals surface area (Å²) in [6.45, 7) is 2.06. The maximum atomic E-state index is 12.5. The van der Waals surface area contributed by atoms with E-state index in [4.69, 9.17) is 9.47 Å². The largest absolute Gasteiger partial charge is 0.497 e. The van der Waals surface area contributed by atoms with Gasteiger partial charge >= 0.3 is 0 Å². The van der Waals surface area contributed by atoms with Gasteiger partial charge in [0.1, 0.15) is 18.5 Å². The molecule has 3 rings (SSSR count). The van der Waals surface area contributed by atoms with Crippen LogP contribution in [-0.2, 0) is 20.9 Å². The van der Waals surface area contributed by atoms with E-state index in [0.717, 1.165) is 11.3 Å². The summed E-state index contributed by atoms with van der Waals surface area (Å²) in [5, 5.41) is 13.6. The third-order valence-corrected chi connectivity index (χ3v) is 4.68. The molecule has 2 atom stereocenters. The van der Waals surface area contributed by atoms with Crippen LogP contribution < -0.4 is 10.1 Å². The van der Waals surface area contributed by atoms with Gasteiger partial charge in [-0.15, -0.1) is 0 Å². The molecule has 1 aliphatic rings. The summed E-state index contributed by atoms with van der Waals surface area (Å²) in [7, 11) is 1.60. The van der Waals surface area contributed by atoms with Gasteiger partial charge in [-0.3, -0.25) is 9.59 Å². The minimum atomic E-state index is -0.908. The van der Waals surface area contributed by atoms with Crippen LogP contribution in [0, 0.1) is 0 Å². The van der Waals surface area contributed by atoms with Crippen LogP contribution >= 0.6 is 0 Å². The highest BCUT2D eigenvalue weighted by atomic mass is 16.5. The lowest BCUT2D eigenvalue weighted by Gasteiger charge is -2.38. The lowest BCUT2D eigenvalue weighted by Crippen LogP contribution is -2.51. The van der Waals surface area contributed by atoms with Crippen LogP contribution in [0.1, 0.15) is 24.2 Å². The first-order valence-corrected chi connectivity index (χ1v) is 9.03. The van der Waals surface area contributed by atoms with Gasteiger partial charge < -0.3 is 24.8 Å². The van der Waals surface area contributed by atoms with Crippen LogP contribution in [0.3, 0.4) is 0 Å². The standard InChI is InChI=1S/C21H24N2O5/c1-14(24)22-17-7-5-16(6-8-17)21(26)19-12-28-13-20(25)23(19)11-15-3-9-18(27-2)10-4-15/h3-10,19,21,26H,11-13H2,1-2H3,(H,22,24). The summed E-state index contributed by atoms with van der Waals surface area (Å²) in [5.41, 5.74) is 2.24. The van der Waals surface area contributed by atoms with Gasteiger partial charge in [-0.05, 0) is 35.4 Å². The van der Waals surface area contributed by atoms with E-state index in [-0.39, 0.29) is 25.0 Å². The highest BCUT2D eigenvalue weighted by Gasteiger charge is 2.34. The number of aliphatic hydroxyl groups is 1. The van der Waals surface area contributed by atoms with Crippen molar-refractivity contribution < 1.29 is 24.2 Å². The predicted octanol–water partition coefficient (Wildman–Crippen LogP) is 2.11. The van der Waals surface area contributed by atoms with Crippen molar-refractivity contribution in [1.29, 1.82) is 0 Å². The smallest absolute Gasteiger partial charge is 0.249 e. The molecule has 0 radical (unpaired) electrons. The minimum Gasteiger partial charge on any atom is -0.497 e. The molecule has 0 bridgehead atoms. The summed E-state index contributed by atoms with van der Waals surface area (Å²) in [6, 6.07) is 13.9. The molecule has 2 unspecified atom stereocenters. The summed E-state index contributed by atoms with van der Waals surface area (Å²) in [4.78, 5) is 25.3. The van der Waals surface area contributed by atoms with Gasteiger partial charge in [-0.2, -0.15) is 0 Å². The predicted molar refractivity (Wildman–Crippen MR) is 104 cm³/mol. The second-order valence-electron chi connectivity index (χ2n) is 6.70. The summed E-state index contributed by atoms with van der Waals surface area (Å²) < 4.78 is 10.6. The molecule has 0 spiro atoms. The van der Waals surface area contributed by atoms with Crippen LogP contribution in [-0.4, -0.2) is 48.2 Å². The van der Waals surface area contributed by atoms with Gasteiger partial charge in [-0.1, -0.05) is 24.3 Å². The minimum absolute atomic E-state index is 0.000837. The van der Waals surface area contributed by atoms with Crippen molar-refractivity contribution in [2.75, 3.05) is 25.6 Å². The number of rotatable bonds is 6. The Labute approximate surface area is 163 Å². The van der Waals surface area contributed by atoms with E-state index in [1.54, 1.807) is 36.3 Å². The summed E-state index contributed by atoms with van der Waals surface area (Å²) >= 11 is 0. The van der Waals surface area contributed by atoms with Gasteiger partial charge in [0.05, 0.1) is 19.8 Å². The van der Waals surface area contributed by atoms with Crippen LogP contribution in [0.15, 0.2) is 48.5 Å². The number of methoxy groups -OCH3 is 1. The Morgan fingerprint density at radius 3 is 2.54 bits per heavy atom. The van der Waals surface area contributed by atoms with E-state index in [0.29, 0.717) is 17.8 Å². The van der Waals surface area contributed by atoms with E-state index in [1.165, 1.54) is 6.92 Å². The number of ether oxygens (including phenoxy) is 2. The van der Waals surface area contributed by atoms with Crippen LogP contribution in [0.2, 0.25) is 0 Å². The van der Waals surface area contributed by atoms with Crippen LogP contribution in [0.4, 0.5) is 5.69 Å². The van der Waals surface area contributed by atoms with Crippen molar-refractivity contribution in [3.05, 3.63) is 59.7 Å². The fourth-order valence-electron chi connectivity index (χ4n) is 3.21. The molecule has 0 aromatic heterocycles. The van der Waals surface area contributed by atoms with Crippen molar-refractivity contribution >= 4 is 17.5 Å². The highest BCUT2D eigenvalue weighted by molar-refractivity contribution is 5.88. The zero-order valence-electron chi connectivity index (χ0n) is 15.9. The first-order chi connectivity index (χ1) is 13.5. The molecule has 1 fully saturated rings. The molecule has 7 heteroatoms. The molecule has 0 saturated carbocycles. The zero-order valence-corrected chi connectivity index (χ0v) is 15.9. The number of hydrogen-bond acceptors (Lipinski definition) is 5. The number of nitrogens with one attached hydrogen (secondary N) is 1. The van der Waals surface area contributed by atoms with Gasteiger partial charge in [0, 0.05) is 19.2 Å². The van der Waals surface area contributed by atoms with Gasteiger partial charge in [0.25, 0.3) is 0 Å². The van der Waals surface area contributed by atoms with E-state index in [9.17, 15) is 14.7 Å². The molecule has 1 saturated heterocycles. The third kappa shape index (κ3) is 4.68. The number of benzene rings is 2. The monoisotopic (exact) mass is 384 g/mol. The number of anilines is 1. The number of morpholine rings is 1. The number of aliphatic hydroxyl groups excluding tert-OH is 1. The van der Waals surface area contributed by atoms with Crippen LogP contribution in [0.5, 0.6) is 5.75 Å². The average molecular weight is 384 g/mol. The fraction of sp³-hybridized carbons (Fsp3) is 0.333. The van der Waals surface area contributed by atoms with E-state index in [2.05, 4.69) is 5.32 Å². The Kier molecular flexibility index (Phi) is 6.28. The Morgan fingerprint density at radius 1 is 1.25 bits per heavy atom. The SMILES string of the molecule is COc1ccc(CN2C(=O)COCC2C(O)c2ccc(NC(C)=O)cc2)cc1. The number of hydrogen-bond donors (Lipinski definition) is 2. The first kappa shape index (κ1) is 19.9. The second-order valence-corrected chi connectivity index (χ2v) is 6.70. The maximum absolute atomic E-state index is 12.5. The molecule has 2 aromatic carbocycles. The number of carbonyl (C=O) groups is 2. The van der Waals surface area contributed by atoms with Crippen LogP contribution in [0.25, 0.3) is 0 Å². The molecule has 0 aliphatic carbocycles. The lowest BCUT2D eigenvalue weighted by atomic mass is 9.99. The molecule has 148 valence electrons. The normalized spacial score (nSPS) is 17.9. The van der Waals surface area contributed by atoms with Crippen molar-refractivity contribution in [2.24, 2.45) is 0 Å². The molecule has 1 aliphatic heterocycles. The van der Waals surface area contributed by atoms with Crippen molar-refractivity contribution in [2.45, 2.75) is 25.6 Å². The topological polar surface area (TPSA) is 88.1 Å². The average Bonchev–Trinajstić information content (AvgIpc) is 2.69. The molecule has 28 heavy (non-hydrogen) atoms. The summed E-state index contributed by atoms with van der Waals surface area (Å²) in [6.07, 6.45) is -0.908. The van der Waals surface area contributed by atoms with E-state index < -0.39 is 12.1 Å². The van der Waals surface area contributed by atoms with Gasteiger partial charge in [0.15, 0.2) is 0 Å². The second kappa shape index (κ2) is 8.86. The number of carbonyl (C=O) groups excluding carboxylic acids is 2. The highest BCUT2D eigenvalue weighted by Crippen LogP contribution is 2.27. The Balaban J connectivity index is 1.76. The number of nitrogens with zero attached hydrogens (tertiary/aromatic N) is 1. The maximum Gasteiger partial charge on any atom is 0.249 e. The molecule has 2 N–H and O–H groups in total. The molecule has 7 nitrogen and oxygen atoms in total. The Bertz CT molecular complexity index is 820. The van der Waals surface area contributed by atoms with Gasteiger partial charge in [-0.25, -0.2) is 0 Å². The molecule has 1 heterocycles. The summed E-state index contributed by atoms with van der Waals surface area (Å²) in [5.74, 6) is 0.416. The molecular weight excluding hydrogens is 360 g/mol. The Morgan fingerprint density at radius 2 is 1.93 bits per heavy atom. The third-order valence-electron chi connectivity index (χ3n) is 4.68. The van der Waals surface area contributed by atoms with E-state index >= 15 is 0 Å². The fourth-order valence-corrected chi connectivity index (χ4v) is 3.21. The lowest BCUT2D eigenvalue weighted by molar-refractivity contribution is -0.155. The van der Waals surface area contributed by atoms with Gasteiger partial charge in [0.2, 0.25) is 11.8 Å².